The molecule has 1 aromatic carbocycles. The van der Waals surface area contributed by atoms with E-state index in [4.69, 9.17) is 11.6 Å². The number of benzene rings is 1. The second-order valence-electron chi connectivity index (χ2n) is 3.00. The minimum absolute atomic E-state index is 0.0101. The summed E-state index contributed by atoms with van der Waals surface area (Å²) in [5.41, 5.74) is -1.78. The van der Waals surface area contributed by atoms with E-state index < -0.39 is 28.3 Å². The normalized spacial score (nSPS) is 11.4. The zero-order valence-electron chi connectivity index (χ0n) is 8.57. The Morgan fingerprint density at radius 2 is 2.06 bits per heavy atom. The van der Waals surface area contributed by atoms with Crippen LogP contribution in [0.1, 0.15) is 22.8 Å². The van der Waals surface area contributed by atoms with Crippen molar-refractivity contribution in [2.75, 3.05) is 6.61 Å². The topological polar surface area (TPSA) is 26.3 Å². The van der Waals surface area contributed by atoms with Gasteiger partial charge in [0.1, 0.15) is 0 Å². The highest BCUT2D eigenvalue weighted by atomic mass is 79.9. The first kappa shape index (κ1) is 14.3. The van der Waals surface area contributed by atoms with Gasteiger partial charge in [-0.25, -0.2) is 4.79 Å². The Bertz CT molecular complexity index is 446. The molecule has 1 aromatic rings. The molecule has 0 fully saturated rings. The van der Waals surface area contributed by atoms with Gasteiger partial charge in [-0.1, -0.05) is 11.6 Å². The molecule has 1 rings (SSSR count). The van der Waals surface area contributed by atoms with Crippen LogP contribution in [0.2, 0.25) is 5.02 Å². The third-order valence-electron chi connectivity index (χ3n) is 1.87. The van der Waals surface area contributed by atoms with Gasteiger partial charge in [-0.05, 0) is 35.0 Å². The maximum absolute atomic E-state index is 12.8. The monoisotopic (exact) mass is 330 g/mol. The van der Waals surface area contributed by atoms with E-state index in [2.05, 4.69) is 20.7 Å². The van der Waals surface area contributed by atoms with Crippen LogP contribution in [0.15, 0.2) is 16.6 Å². The van der Waals surface area contributed by atoms with Gasteiger partial charge >= 0.3 is 12.1 Å². The molecule has 0 bridgehead atoms. The van der Waals surface area contributed by atoms with E-state index in [0.29, 0.717) is 0 Å². The van der Waals surface area contributed by atoms with Crippen LogP contribution < -0.4 is 0 Å². The predicted molar refractivity (Wildman–Crippen MR) is 60.1 cm³/mol. The predicted octanol–water partition coefficient (Wildman–Crippen LogP) is 4.30. The molecule has 0 aliphatic rings. The van der Waals surface area contributed by atoms with E-state index in [9.17, 15) is 18.0 Å². The zero-order chi connectivity index (χ0) is 13.2. The van der Waals surface area contributed by atoms with Crippen LogP contribution in [0.3, 0.4) is 0 Å². The molecule has 0 saturated carbocycles. The van der Waals surface area contributed by atoms with E-state index in [-0.39, 0.29) is 11.1 Å². The largest absolute Gasteiger partial charge is 0.462 e. The van der Waals surface area contributed by atoms with Crippen LogP contribution in [0.25, 0.3) is 0 Å². The number of rotatable bonds is 2. The molecular formula is C10H7BrClF3O2. The second-order valence-corrected chi connectivity index (χ2v) is 4.23. The molecule has 17 heavy (non-hydrogen) atoms. The van der Waals surface area contributed by atoms with Crippen LogP contribution in [0.5, 0.6) is 0 Å². The second kappa shape index (κ2) is 5.27. The third kappa shape index (κ3) is 3.13. The molecule has 0 radical (unpaired) electrons. The van der Waals surface area contributed by atoms with Crippen molar-refractivity contribution in [1.82, 2.24) is 0 Å². The van der Waals surface area contributed by atoms with Crippen molar-refractivity contribution < 1.29 is 22.7 Å². The number of halogens is 5. The van der Waals surface area contributed by atoms with Gasteiger partial charge in [-0.15, -0.1) is 0 Å². The number of hydrogen-bond acceptors (Lipinski definition) is 2. The van der Waals surface area contributed by atoms with Gasteiger partial charge in [-0.3, -0.25) is 0 Å². The molecule has 0 aliphatic heterocycles. The van der Waals surface area contributed by atoms with Crippen LogP contribution in [-0.4, -0.2) is 12.6 Å². The fourth-order valence-electron chi connectivity index (χ4n) is 1.21. The summed E-state index contributed by atoms with van der Waals surface area (Å²) in [6.07, 6.45) is -4.72. The standard InChI is InChI=1S/C10H7BrClF3O2/c1-2-17-9(16)5-3-4-6(11)8(12)7(5)10(13,14)15/h3-4H,2H2,1H3. The van der Waals surface area contributed by atoms with E-state index in [1.165, 1.54) is 13.0 Å². The zero-order valence-corrected chi connectivity index (χ0v) is 10.9. The van der Waals surface area contributed by atoms with Crippen molar-refractivity contribution in [1.29, 1.82) is 0 Å². The first-order chi connectivity index (χ1) is 7.79. The molecule has 0 atom stereocenters. The third-order valence-corrected chi connectivity index (χ3v) is 3.16. The fraction of sp³-hybridized carbons (Fsp3) is 0.300. The van der Waals surface area contributed by atoms with Gasteiger partial charge in [-0.2, -0.15) is 13.2 Å². The van der Waals surface area contributed by atoms with Gasteiger partial charge in [0.25, 0.3) is 0 Å². The molecule has 0 aromatic heterocycles. The maximum atomic E-state index is 12.8. The molecule has 0 spiro atoms. The quantitative estimate of drug-likeness (QED) is 0.755. The van der Waals surface area contributed by atoms with Gasteiger partial charge < -0.3 is 4.74 Å². The average molecular weight is 332 g/mol. The highest BCUT2D eigenvalue weighted by molar-refractivity contribution is 9.10. The summed E-state index contributed by atoms with van der Waals surface area (Å²) in [5.74, 6) is -1.05. The van der Waals surface area contributed by atoms with E-state index in [1.807, 2.05) is 0 Å². The first-order valence-corrected chi connectivity index (χ1v) is 5.68. The van der Waals surface area contributed by atoms with Crippen LogP contribution >= 0.6 is 27.5 Å². The number of carbonyl (C=O) groups excluding carboxylic acids is 1. The Kier molecular flexibility index (Phi) is 4.43. The van der Waals surface area contributed by atoms with E-state index >= 15 is 0 Å². The molecule has 94 valence electrons. The van der Waals surface area contributed by atoms with Crippen molar-refractivity contribution >= 4 is 33.5 Å². The van der Waals surface area contributed by atoms with Crippen molar-refractivity contribution in [2.24, 2.45) is 0 Å². The number of esters is 1. The van der Waals surface area contributed by atoms with E-state index in [1.54, 1.807) is 0 Å². The number of ether oxygens (including phenoxy) is 1. The Morgan fingerprint density at radius 3 is 2.53 bits per heavy atom. The lowest BCUT2D eigenvalue weighted by molar-refractivity contribution is -0.138. The molecule has 0 N–H and O–H groups in total. The lowest BCUT2D eigenvalue weighted by Crippen LogP contribution is -2.16. The summed E-state index contributed by atoms with van der Waals surface area (Å²) in [6.45, 7) is 1.50. The SMILES string of the molecule is CCOC(=O)c1ccc(Br)c(Cl)c1C(F)(F)F. The fourth-order valence-corrected chi connectivity index (χ4v) is 1.81. The molecule has 7 heteroatoms. The Balaban J connectivity index is 3.41. The lowest BCUT2D eigenvalue weighted by atomic mass is 10.1. The van der Waals surface area contributed by atoms with Crippen LogP contribution in [0.4, 0.5) is 13.2 Å². The summed E-state index contributed by atoms with van der Waals surface area (Å²) >= 11 is 8.43. The summed E-state index contributed by atoms with van der Waals surface area (Å²) in [7, 11) is 0. The van der Waals surface area contributed by atoms with Crippen LogP contribution in [-0.2, 0) is 10.9 Å². The Hall–Kier alpha value is -0.750. The highest BCUT2D eigenvalue weighted by Crippen LogP contribution is 2.40. The van der Waals surface area contributed by atoms with Gasteiger partial charge in [0.2, 0.25) is 0 Å². The summed E-state index contributed by atoms with van der Waals surface area (Å²) < 4.78 is 42.9. The summed E-state index contributed by atoms with van der Waals surface area (Å²) in [6, 6.07) is 2.29. The highest BCUT2D eigenvalue weighted by Gasteiger charge is 2.39. The van der Waals surface area contributed by atoms with Gasteiger partial charge in [0.15, 0.2) is 0 Å². The smallest absolute Gasteiger partial charge is 0.418 e. The average Bonchev–Trinajstić information content (AvgIpc) is 2.20. The number of carbonyl (C=O) groups is 1. The molecule has 0 unspecified atom stereocenters. The first-order valence-electron chi connectivity index (χ1n) is 4.51. The molecule has 0 saturated heterocycles. The summed E-state index contributed by atoms with van der Waals surface area (Å²) in [4.78, 5) is 11.4. The molecule has 2 nitrogen and oxygen atoms in total. The lowest BCUT2D eigenvalue weighted by Gasteiger charge is -2.14. The van der Waals surface area contributed by atoms with E-state index in [0.717, 1.165) is 6.07 Å². The molecular weight excluding hydrogens is 324 g/mol. The Morgan fingerprint density at radius 1 is 1.47 bits per heavy atom. The minimum atomic E-state index is -4.72. The minimum Gasteiger partial charge on any atom is -0.462 e. The Labute approximate surface area is 109 Å². The van der Waals surface area contributed by atoms with Crippen molar-refractivity contribution in [3.8, 4) is 0 Å². The molecule has 0 heterocycles. The number of hydrogen-bond donors (Lipinski definition) is 0. The van der Waals surface area contributed by atoms with Crippen LogP contribution in [0, 0.1) is 0 Å². The van der Waals surface area contributed by atoms with Crippen molar-refractivity contribution in [2.45, 2.75) is 13.1 Å². The molecule has 0 aliphatic carbocycles. The maximum Gasteiger partial charge on any atom is 0.418 e. The van der Waals surface area contributed by atoms with Crippen molar-refractivity contribution in [3.63, 3.8) is 0 Å². The number of alkyl halides is 3. The summed E-state index contributed by atoms with van der Waals surface area (Å²) in [5, 5.41) is -0.553. The van der Waals surface area contributed by atoms with Gasteiger partial charge in [0.05, 0.1) is 22.8 Å². The van der Waals surface area contributed by atoms with Gasteiger partial charge in [0, 0.05) is 4.47 Å². The molecule has 0 amide bonds. The van der Waals surface area contributed by atoms with Crippen molar-refractivity contribution in [3.05, 3.63) is 32.8 Å².